The van der Waals surface area contributed by atoms with Crippen molar-refractivity contribution in [2.24, 2.45) is 0 Å². The van der Waals surface area contributed by atoms with Crippen molar-refractivity contribution in [1.82, 2.24) is 9.80 Å². The summed E-state index contributed by atoms with van der Waals surface area (Å²) < 4.78 is 0. The summed E-state index contributed by atoms with van der Waals surface area (Å²) in [7, 11) is 2.09. The summed E-state index contributed by atoms with van der Waals surface area (Å²) in [6, 6.07) is 0.147. The lowest BCUT2D eigenvalue weighted by molar-refractivity contribution is -0.0443. The van der Waals surface area contributed by atoms with E-state index in [9.17, 15) is 10.2 Å². The van der Waals surface area contributed by atoms with Crippen molar-refractivity contribution in [3.05, 3.63) is 0 Å². The second-order valence-electron chi connectivity index (χ2n) is 5.88. The molecule has 2 saturated heterocycles. The predicted molar refractivity (Wildman–Crippen MR) is 72.6 cm³/mol. The standard InChI is InChI=1S/C14H28N2O2/c1-15-8-6-3-7-12(15)14(18)13(11-17)16-9-4-2-5-10-16/h12-14,17-18H,2-11H2,1H3. The molecule has 3 unspecified atom stereocenters. The molecule has 0 aromatic rings. The van der Waals surface area contributed by atoms with E-state index in [1.807, 2.05) is 0 Å². The number of hydrogen-bond acceptors (Lipinski definition) is 4. The van der Waals surface area contributed by atoms with E-state index in [0.717, 1.165) is 26.1 Å². The van der Waals surface area contributed by atoms with E-state index in [2.05, 4.69) is 16.8 Å². The first kappa shape index (κ1) is 14.3. The molecule has 0 saturated carbocycles. The van der Waals surface area contributed by atoms with Crippen LogP contribution in [0.25, 0.3) is 0 Å². The van der Waals surface area contributed by atoms with Gasteiger partial charge in [0.1, 0.15) is 0 Å². The molecule has 2 aliphatic heterocycles. The van der Waals surface area contributed by atoms with Crippen molar-refractivity contribution in [2.45, 2.75) is 56.7 Å². The molecule has 3 atom stereocenters. The van der Waals surface area contributed by atoms with Crippen LogP contribution in [0.15, 0.2) is 0 Å². The average molecular weight is 256 g/mol. The van der Waals surface area contributed by atoms with Gasteiger partial charge in [-0.1, -0.05) is 12.8 Å². The Labute approximate surface area is 111 Å². The van der Waals surface area contributed by atoms with E-state index in [1.165, 1.54) is 32.1 Å². The van der Waals surface area contributed by atoms with E-state index < -0.39 is 6.10 Å². The summed E-state index contributed by atoms with van der Waals surface area (Å²) in [6.45, 7) is 3.20. The summed E-state index contributed by atoms with van der Waals surface area (Å²) in [6.07, 6.45) is 6.75. The van der Waals surface area contributed by atoms with Crippen molar-refractivity contribution < 1.29 is 10.2 Å². The van der Waals surface area contributed by atoms with Crippen LogP contribution in [0.3, 0.4) is 0 Å². The lowest BCUT2D eigenvalue weighted by atomic mass is 9.92. The molecular weight excluding hydrogens is 228 g/mol. The smallest absolute Gasteiger partial charge is 0.0872 e. The highest BCUT2D eigenvalue weighted by atomic mass is 16.3. The molecule has 2 aliphatic rings. The zero-order valence-corrected chi connectivity index (χ0v) is 11.6. The number of hydrogen-bond donors (Lipinski definition) is 2. The molecule has 0 radical (unpaired) electrons. The van der Waals surface area contributed by atoms with Gasteiger partial charge in [-0.2, -0.15) is 0 Å². The van der Waals surface area contributed by atoms with Gasteiger partial charge >= 0.3 is 0 Å². The third-order valence-corrected chi connectivity index (χ3v) is 4.66. The van der Waals surface area contributed by atoms with E-state index in [4.69, 9.17) is 0 Å². The highest BCUT2D eigenvalue weighted by molar-refractivity contribution is 4.90. The molecule has 0 bridgehead atoms. The van der Waals surface area contributed by atoms with Crippen molar-refractivity contribution in [3.63, 3.8) is 0 Å². The van der Waals surface area contributed by atoms with Crippen LogP contribution in [-0.2, 0) is 0 Å². The molecule has 2 fully saturated rings. The fourth-order valence-electron chi connectivity index (χ4n) is 3.48. The molecule has 2 N–H and O–H groups in total. The predicted octanol–water partition coefficient (Wildman–Crippen LogP) is 0.678. The molecule has 18 heavy (non-hydrogen) atoms. The van der Waals surface area contributed by atoms with Crippen LogP contribution >= 0.6 is 0 Å². The molecule has 0 spiro atoms. The molecule has 0 aromatic heterocycles. The van der Waals surface area contributed by atoms with Gasteiger partial charge in [0.25, 0.3) is 0 Å². The van der Waals surface area contributed by atoms with Crippen molar-refractivity contribution >= 4 is 0 Å². The second kappa shape index (κ2) is 6.85. The lowest BCUT2D eigenvalue weighted by Crippen LogP contribution is -2.57. The summed E-state index contributed by atoms with van der Waals surface area (Å²) >= 11 is 0. The first-order valence-electron chi connectivity index (χ1n) is 7.47. The van der Waals surface area contributed by atoms with Crippen molar-refractivity contribution in [1.29, 1.82) is 0 Å². The average Bonchev–Trinajstić information content (AvgIpc) is 2.41. The number of aliphatic hydroxyl groups excluding tert-OH is 2. The number of aliphatic hydroxyl groups is 2. The fourth-order valence-corrected chi connectivity index (χ4v) is 3.48. The maximum absolute atomic E-state index is 10.6. The van der Waals surface area contributed by atoms with Crippen LogP contribution in [0.5, 0.6) is 0 Å². The zero-order valence-electron chi connectivity index (χ0n) is 11.6. The summed E-state index contributed by atoms with van der Waals surface area (Å²) in [5, 5.41) is 20.3. The molecule has 106 valence electrons. The normalized spacial score (nSPS) is 31.2. The molecule has 0 amide bonds. The number of likely N-dealkylation sites (N-methyl/N-ethyl adjacent to an activating group) is 1. The van der Waals surface area contributed by atoms with E-state index in [1.54, 1.807) is 0 Å². The van der Waals surface area contributed by atoms with E-state index in [0.29, 0.717) is 0 Å². The topological polar surface area (TPSA) is 46.9 Å². The van der Waals surface area contributed by atoms with Gasteiger partial charge in [-0.05, 0) is 52.4 Å². The SMILES string of the molecule is CN1CCCCC1C(O)C(CO)N1CCCCC1. The fraction of sp³-hybridized carbons (Fsp3) is 1.00. The van der Waals surface area contributed by atoms with Crippen LogP contribution in [0, 0.1) is 0 Å². The third-order valence-electron chi connectivity index (χ3n) is 4.66. The van der Waals surface area contributed by atoms with Gasteiger partial charge < -0.3 is 15.1 Å². The minimum atomic E-state index is -0.418. The van der Waals surface area contributed by atoms with Crippen molar-refractivity contribution in [3.8, 4) is 0 Å². The highest BCUT2D eigenvalue weighted by Crippen LogP contribution is 2.23. The molecule has 0 aromatic carbocycles. The third kappa shape index (κ3) is 3.23. The number of rotatable bonds is 4. The van der Waals surface area contributed by atoms with Crippen LogP contribution in [0.2, 0.25) is 0 Å². The van der Waals surface area contributed by atoms with Gasteiger partial charge in [0.2, 0.25) is 0 Å². The first-order chi connectivity index (χ1) is 8.74. The maximum atomic E-state index is 10.6. The Morgan fingerprint density at radius 1 is 1.06 bits per heavy atom. The van der Waals surface area contributed by atoms with E-state index >= 15 is 0 Å². The van der Waals surface area contributed by atoms with Crippen molar-refractivity contribution in [2.75, 3.05) is 33.3 Å². The van der Waals surface area contributed by atoms with Crippen LogP contribution < -0.4 is 0 Å². The largest absolute Gasteiger partial charge is 0.395 e. The number of piperidine rings is 2. The Bertz CT molecular complexity index is 244. The van der Waals surface area contributed by atoms with Gasteiger partial charge in [-0.25, -0.2) is 0 Å². The van der Waals surface area contributed by atoms with Gasteiger partial charge in [-0.3, -0.25) is 4.90 Å². The first-order valence-corrected chi connectivity index (χ1v) is 7.47. The second-order valence-corrected chi connectivity index (χ2v) is 5.88. The Balaban J connectivity index is 1.96. The van der Waals surface area contributed by atoms with Gasteiger partial charge in [0, 0.05) is 6.04 Å². The Kier molecular flexibility index (Phi) is 5.42. The molecule has 4 heteroatoms. The molecule has 2 heterocycles. The molecule has 2 rings (SSSR count). The summed E-state index contributed by atoms with van der Waals surface area (Å²) in [4.78, 5) is 4.55. The number of likely N-dealkylation sites (tertiary alicyclic amines) is 2. The van der Waals surface area contributed by atoms with Gasteiger partial charge in [0.05, 0.1) is 18.8 Å². The van der Waals surface area contributed by atoms with Crippen LogP contribution in [-0.4, -0.2) is 71.5 Å². The summed E-state index contributed by atoms with van der Waals surface area (Å²) in [5.41, 5.74) is 0. The van der Waals surface area contributed by atoms with Crippen LogP contribution in [0.1, 0.15) is 38.5 Å². The number of nitrogens with zero attached hydrogens (tertiary/aromatic N) is 2. The zero-order chi connectivity index (χ0) is 13.0. The van der Waals surface area contributed by atoms with E-state index in [-0.39, 0.29) is 18.7 Å². The molecule has 0 aliphatic carbocycles. The minimum Gasteiger partial charge on any atom is -0.395 e. The maximum Gasteiger partial charge on any atom is 0.0872 e. The Morgan fingerprint density at radius 2 is 1.72 bits per heavy atom. The van der Waals surface area contributed by atoms with Crippen LogP contribution in [0.4, 0.5) is 0 Å². The summed E-state index contributed by atoms with van der Waals surface area (Å²) in [5.74, 6) is 0. The van der Waals surface area contributed by atoms with Gasteiger partial charge in [-0.15, -0.1) is 0 Å². The Morgan fingerprint density at radius 3 is 2.33 bits per heavy atom. The lowest BCUT2D eigenvalue weighted by Gasteiger charge is -2.43. The molecule has 4 nitrogen and oxygen atoms in total. The highest BCUT2D eigenvalue weighted by Gasteiger charge is 2.35. The minimum absolute atomic E-state index is 0.0733. The quantitative estimate of drug-likeness (QED) is 0.776. The monoisotopic (exact) mass is 256 g/mol. The van der Waals surface area contributed by atoms with Gasteiger partial charge in [0.15, 0.2) is 0 Å². The molecular formula is C14H28N2O2. The Hall–Kier alpha value is -0.160.